The maximum absolute atomic E-state index is 11.4. The maximum atomic E-state index is 11.4. The molecule has 0 atom stereocenters. The number of imidazole rings is 1. The SMILES string of the molecule is Cc1ccc(Oc2nc3nc(-c4ccc(OCc5ccccc5)cc4)c(Cl)cc3[nH]2)cc1C(=O)O. The number of rotatable bonds is 7. The Kier molecular flexibility index (Phi) is 6.08. The Labute approximate surface area is 206 Å². The van der Waals surface area contributed by atoms with Crippen molar-refractivity contribution in [1.82, 2.24) is 15.0 Å². The van der Waals surface area contributed by atoms with Crippen LogP contribution in [0.5, 0.6) is 17.5 Å². The number of pyridine rings is 1. The Morgan fingerprint density at radius 2 is 1.71 bits per heavy atom. The summed E-state index contributed by atoms with van der Waals surface area (Å²) in [5.41, 5.74) is 4.32. The maximum Gasteiger partial charge on any atom is 0.336 e. The van der Waals surface area contributed by atoms with Crippen molar-refractivity contribution in [2.75, 3.05) is 0 Å². The second-order valence-corrected chi connectivity index (χ2v) is 8.32. The van der Waals surface area contributed by atoms with E-state index < -0.39 is 5.97 Å². The Morgan fingerprint density at radius 3 is 2.46 bits per heavy atom. The van der Waals surface area contributed by atoms with Gasteiger partial charge in [-0.15, -0.1) is 0 Å². The normalized spacial score (nSPS) is 10.9. The number of halogens is 1. The summed E-state index contributed by atoms with van der Waals surface area (Å²) in [5.74, 6) is 0.0701. The summed E-state index contributed by atoms with van der Waals surface area (Å²) in [6, 6.07) is 24.2. The van der Waals surface area contributed by atoms with Crippen LogP contribution in [0, 0.1) is 6.92 Å². The van der Waals surface area contributed by atoms with Crippen molar-refractivity contribution in [3.63, 3.8) is 0 Å². The summed E-state index contributed by atoms with van der Waals surface area (Å²) < 4.78 is 11.6. The van der Waals surface area contributed by atoms with Gasteiger partial charge in [-0.3, -0.25) is 0 Å². The summed E-state index contributed by atoms with van der Waals surface area (Å²) in [6.45, 7) is 2.21. The summed E-state index contributed by atoms with van der Waals surface area (Å²) in [5, 5.41) is 9.78. The van der Waals surface area contributed by atoms with Gasteiger partial charge in [-0.2, -0.15) is 4.98 Å². The zero-order valence-electron chi connectivity index (χ0n) is 18.7. The number of H-pyrrole nitrogens is 1. The van der Waals surface area contributed by atoms with E-state index >= 15 is 0 Å². The number of benzene rings is 3. The van der Waals surface area contributed by atoms with Crippen molar-refractivity contribution in [3.8, 4) is 28.8 Å². The largest absolute Gasteiger partial charge is 0.489 e. The molecule has 0 fully saturated rings. The van der Waals surface area contributed by atoms with Gasteiger partial charge in [-0.1, -0.05) is 48.0 Å². The zero-order chi connectivity index (χ0) is 24.4. The molecule has 3 aromatic carbocycles. The first-order valence-corrected chi connectivity index (χ1v) is 11.2. The van der Waals surface area contributed by atoms with E-state index in [1.165, 1.54) is 6.07 Å². The van der Waals surface area contributed by atoms with E-state index in [-0.39, 0.29) is 11.6 Å². The molecule has 7 nitrogen and oxygen atoms in total. The number of hydrogen-bond donors (Lipinski definition) is 2. The molecule has 2 aromatic heterocycles. The van der Waals surface area contributed by atoms with Crippen LogP contribution in [0.15, 0.2) is 78.9 Å². The number of carbonyl (C=O) groups is 1. The van der Waals surface area contributed by atoms with Crippen LogP contribution in [0.2, 0.25) is 5.02 Å². The molecule has 0 saturated carbocycles. The highest BCUT2D eigenvalue weighted by molar-refractivity contribution is 6.33. The number of aromatic nitrogens is 3. The molecule has 0 amide bonds. The highest BCUT2D eigenvalue weighted by atomic mass is 35.5. The molecule has 0 aliphatic carbocycles. The van der Waals surface area contributed by atoms with Crippen LogP contribution in [-0.2, 0) is 6.61 Å². The lowest BCUT2D eigenvalue weighted by atomic mass is 10.1. The topological polar surface area (TPSA) is 97.3 Å². The fraction of sp³-hybridized carbons (Fsp3) is 0.0741. The number of nitrogens with zero attached hydrogens (tertiary/aromatic N) is 2. The Bertz CT molecular complexity index is 1520. The number of hydrogen-bond acceptors (Lipinski definition) is 5. The van der Waals surface area contributed by atoms with E-state index in [0.717, 1.165) is 16.9 Å². The van der Waals surface area contributed by atoms with Gasteiger partial charge < -0.3 is 19.6 Å². The average Bonchev–Trinajstić information content (AvgIpc) is 3.25. The summed E-state index contributed by atoms with van der Waals surface area (Å²) in [6.07, 6.45) is 0. The van der Waals surface area contributed by atoms with E-state index in [2.05, 4.69) is 15.0 Å². The second-order valence-electron chi connectivity index (χ2n) is 7.91. The summed E-state index contributed by atoms with van der Waals surface area (Å²) in [4.78, 5) is 23.4. The first-order valence-electron chi connectivity index (χ1n) is 10.8. The molecule has 2 heterocycles. The molecule has 0 unspecified atom stereocenters. The minimum Gasteiger partial charge on any atom is -0.489 e. The third kappa shape index (κ3) is 4.95. The van der Waals surface area contributed by atoms with Crippen LogP contribution in [-0.4, -0.2) is 26.0 Å². The molecule has 174 valence electrons. The lowest BCUT2D eigenvalue weighted by Gasteiger charge is -2.08. The van der Waals surface area contributed by atoms with Gasteiger partial charge in [0, 0.05) is 5.56 Å². The molecule has 0 saturated heterocycles. The molecule has 0 aliphatic rings. The number of fused-ring (bicyclic) bond motifs is 1. The van der Waals surface area contributed by atoms with Crippen LogP contribution in [0.25, 0.3) is 22.4 Å². The molecule has 0 spiro atoms. The van der Waals surface area contributed by atoms with Crippen LogP contribution < -0.4 is 9.47 Å². The predicted octanol–water partition coefficient (Wildman–Crippen LogP) is 6.66. The third-order valence-electron chi connectivity index (χ3n) is 5.43. The number of aryl methyl sites for hydroxylation is 1. The quantitative estimate of drug-likeness (QED) is 0.267. The predicted molar refractivity (Wildman–Crippen MR) is 133 cm³/mol. The number of aromatic amines is 1. The van der Waals surface area contributed by atoms with Gasteiger partial charge in [0.15, 0.2) is 5.65 Å². The van der Waals surface area contributed by atoms with Gasteiger partial charge >= 0.3 is 12.0 Å². The van der Waals surface area contributed by atoms with Crippen molar-refractivity contribution in [2.45, 2.75) is 13.5 Å². The molecule has 0 aliphatic heterocycles. The number of carboxylic acid groups (broad SMARTS) is 1. The van der Waals surface area contributed by atoms with Gasteiger partial charge in [0.2, 0.25) is 0 Å². The number of nitrogens with one attached hydrogen (secondary N) is 1. The first-order chi connectivity index (χ1) is 17.0. The molecule has 0 radical (unpaired) electrons. The Balaban J connectivity index is 1.36. The lowest BCUT2D eigenvalue weighted by molar-refractivity contribution is 0.0695. The van der Waals surface area contributed by atoms with Crippen molar-refractivity contribution in [2.24, 2.45) is 0 Å². The van der Waals surface area contributed by atoms with Gasteiger partial charge in [0.05, 0.1) is 21.8 Å². The average molecular weight is 486 g/mol. The smallest absolute Gasteiger partial charge is 0.336 e. The lowest BCUT2D eigenvalue weighted by Crippen LogP contribution is -2.00. The van der Waals surface area contributed by atoms with Crippen LogP contribution >= 0.6 is 11.6 Å². The highest BCUT2D eigenvalue weighted by Gasteiger charge is 2.14. The van der Waals surface area contributed by atoms with Gasteiger partial charge in [-0.25, -0.2) is 9.78 Å². The third-order valence-corrected chi connectivity index (χ3v) is 5.72. The van der Waals surface area contributed by atoms with Crippen molar-refractivity contribution in [1.29, 1.82) is 0 Å². The molecule has 5 aromatic rings. The molecule has 5 rings (SSSR count). The van der Waals surface area contributed by atoms with Crippen LogP contribution in [0.4, 0.5) is 0 Å². The Hall–Kier alpha value is -4.36. The minimum absolute atomic E-state index is 0.165. The van der Waals surface area contributed by atoms with Crippen LogP contribution in [0.1, 0.15) is 21.5 Å². The second kappa shape index (κ2) is 9.48. The fourth-order valence-corrected chi connectivity index (χ4v) is 3.86. The zero-order valence-corrected chi connectivity index (χ0v) is 19.4. The van der Waals surface area contributed by atoms with E-state index in [9.17, 15) is 9.90 Å². The standard InChI is InChI=1S/C27H20ClN3O4/c1-16-7-10-20(13-21(16)26(32)33)35-27-29-23-14-22(28)24(30-25(23)31-27)18-8-11-19(12-9-18)34-15-17-5-3-2-4-6-17/h2-14H,15H2,1H3,(H,32,33)(H,29,30,31). The van der Waals surface area contributed by atoms with E-state index in [0.29, 0.717) is 39.8 Å². The first kappa shape index (κ1) is 22.4. The van der Waals surface area contributed by atoms with E-state index in [4.69, 9.17) is 21.1 Å². The van der Waals surface area contributed by atoms with Crippen molar-refractivity contribution < 1.29 is 19.4 Å². The molecule has 2 N–H and O–H groups in total. The molecular weight excluding hydrogens is 466 g/mol. The highest BCUT2D eigenvalue weighted by Crippen LogP contribution is 2.31. The molecule has 0 bridgehead atoms. The molecular formula is C27H20ClN3O4. The number of carboxylic acids is 1. The molecule has 8 heteroatoms. The number of ether oxygens (including phenoxy) is 2. The van der Waals surface area contributed by atoms with Gasteiger partial charge in [-0.05, 0) is 60.5 Å². The van der Waals surface area contributed by atoms with Gasteiger partial charge in [0.1, 0.15) is 18.1 Å². The monoisotopic (exact) mass is 485 g/mol. The van der Waals surface area contributed by atoms with E-state index in [1.54, 1.807) is 25.1 Å². The summed E-state index contributed by atoms with van der Waals surface area (Å²) in [7, 11) is 0. The molecule has 35 heavy (non-hydrogen) atoms. The number of aromatic carboxylic acids is 1. The van der Waals surface area contributed by atoms with Crippen molar-refractivity contribution >= 4 is 28.7 Å². The van der Waals surface area contributed by atoms with Crippen molar-refractivity contribution in [3.05, 3.63) is 101 Å². The van der Waals surface area contributed by atoms with Crippen LogP contribution in [0.3, 0.4) is 0 Å². The minimum atomic E-state index is -1.02. The Morgan fingerprint density at radius 1 is 0.971 bits per heavy atom. The fourth-order valence-electron chi connectivity index (χ4n) is 3.60. The van der Waals surface area contributed by atoms with E-state index in [1.807, 2.05) is 54.6 Å². The van der Waals surface area contributed by atoms with Gasteiger partial charge in [0.25, 0.3) is 0 Å². The summed E-state index contributed by atoms with van der Waals surface area (Å²) >= 11 is 6.51.